The van der Waals surface area contributed by atoms with Gasteiger partial charge in [-0.1, -0.05) is 6.07 Å². The van der Waals surface area contributed by atoms with Crippen molar-refractivity contribution < 1.29 is 31.5 Å². The molecule has 3 N–H and O–H groups in total. The summed E-state index contributed by atoms with van der Waals surface area (Å²) < 4.78 is 57.0. The van der Waals surface area contributed by atoms with Crippen LogP contribution in [0.5, 0.6) is 11.5 Å². The van der Waals surface area contributed by atoms with Crippen molar-refractivity contribution in [2.45, 2.75) is 36.6 Å². The minimum atomic E-state index is -4.31. The van der Waals surface area contributed by atoms with Crippen LogP contribution in [-0.2, 0) is 31.6 Å². The first kappa shape index (κ1) is 24.8. The number of carbonyl (C=O) groups is 1. The molecule has 182 valence electrons. The summed E-state index contributed by atoms with van der Waals surface area (Å²) in [7, 11) is -8.59. The lowest BCUT2D eigenvalue weighted by Gasteiger charge is -2.16. The van der Waals surface area contributed by atoms with Crippen LogP contribution in [0.1, 0.15) is 26.3 Å². The van der Waals surface area contributed by atoms with Crippen LogP contribution in [0.15, 0.2) is 45.6 Å². The van der Waals surface area contributed by atoms with Gasteiger partial charge in [0.05, 0.1) is 22.2 Å². The van der Waals surface area contributed by atoms with Gasteiger partial charge in [-0.05, 0) is 68.6 Å². The van der Waals surface area contributed by atoms with E-state index in [1.165, 1.54) is 18.2 Å². The molecular weight excluding hydrogens is 524 g/mol. The zero-order valence-electron chi connectivity index (χ0n) is 18.1. The molecule has 34 heavy (non-hydrogen) atoms. The summed E-state index contributed by atoms with van der Waals surface area (Å²) in [4.78, 5) is 20.3. The average Bonchev–Trinajstić information content (AvgIpc) is 3.36. The number of rotatable bonds is 6. The summed E-state index contributed by atoms with van der Waals surface area (Å²) in [6.45, 7) is 5.13. The maximum Gasteiger partial charge on any atom is 0.316 e. The molecule has 3 aromatic rings. The number of aromatic nitrogens is 1. The zero-order valence-corrected chi connectivity index (χ0v) is 21.4. The van der Waals surface area contributed by atoms with Crippen LogP contribution < -0.4 is 14.4 Å². The summed E-state index contributed by atoms with van der Waals surface area (Å²) in [6.07, 6.45) is 0. The molecule has 0 bridgehead atoms. The number of thiazole rings is 1. The number of aromatic hydroxyl groups is 1. The van der Waals surface area contributed by atoms with E-state index < -0.39 is 31.6 Å². The van der Waals surface area contributed by atoms with Gasteiger partial charge >= 0.3 is 16.2 Å². The highest BCUT2D eigenvalue weighted by molar-refractivity contribution is 8.08. The Labute approximate surface area is 204 Å². The number of fused-ring (bicyclic) bond motifs is 2. The van der Waals surface area contributed by atoms with E-state index in [9.17, 15) is 26.7 Å². The molecule has 1 aliphatic rings. The quantitative estimate of drug-likeness (QED) is 0.184. The fraction of sp³-hybridized carbons (Fsp3) is 0.263. The van der Waals surface area contributed by atoms with Crippen molar-refractivity contribution in [3.8, 4) is 11.5 Å². The van der Waals surface area contributed by atoms with Gasteiger partial charge in [-0.2, -0.15) is 8.42 Å². The van der Waals surface area contributed by atoms with Crippen molar-refractivity contribution >= 4 is 59.7 Å². The molecule has 0 saturated carbocycles. The van der Waals surface area contributed by atoms with Gasteiger partial charge in [-0.15, -0.1) is 24.7 Å². The number of phenols is 1. The lowest BCUT2D eigenvalue weighted by molar-refractivity contribution is -0.143. The highest BCUT2D eigenvalue weighted by Gasteiger charge is 2.33. The first-order chi connectivity index (χ1) is 15.7. The van der Waals surface area contributed by atoms with Crippen molar-refractivity contribution in [2.24, 2.45) is 5.41 Å². The molecule has 0 spiro atoms. The minimum absolute atomic E-state index is 0.0228. The number of benzene rings is 2. The van der Waals surface area contributed by atoms with Gasteiger partial charge < -0.3 is 9.84 Å². The van der Waals surface area contributed by atoms with E-state index in [-0.39, 0.29) is 22.4 Å². The Morgan fingerprint density at radius 3 is 2.56 bits per heavy atom. The van der Waals surface area contributed by atoms with Gasteiger partial charge in [0.2, 0.25) is 4.34 Å². The van der Waals surface area contributed by atoms with Gasteiger partial charge in [0.1, 0.15) is 11.5 Å². The third kappa shape index (κ3) is 5.19. The monoisotopic (exact) mass is 544 g/mol. The second kappa shape index (κ2) is 8.75. The number of phenolic OH excluding ortho intramolecular Hbond substituents is 1. The number of nitrogens with zero attached hydrogens (tertiary/aromatic N) is 2. The van der Waals surface area contributed by atoms with Crippen LogP contribution in [0.25, 0.3) is 10.2 Å². The first-order valence-electron chi connectivity index (χ1n) is 9.69. The van der Waals surface area contributed by atoms with E-state index in [0.29, 0.717) is 20.7 Å². The Balaban J connectivity index is 1.45. The smallest absolute Gasteiger partial charge is 0.316 e. The Morgan fingerprint density at radius 1 is 1.12 bits per heavy atom. The van der Waals surface area contributed by atoms with E-state index in [4.69, 9.17) is 4.74 Å². The zero-order chi connectivity index (χ0) is 24.9. The summed E-state index contributed by atoms with van der Waals surface area (Å²) in [5.74, 6) is -0.197. The van der Waals surface area contributed by atoms with Gasteiger partial charge in [-0.3, -0.25) is 4.79 Å². The number of hydrogen-bond donors (Lipinski definition) is 3. The SMILES string of the molecule is CC(C)(C)C(=O)Oc1ccc2c(c1)SN(S(=O)(=O)NNS(=O)(=O)c1nc3ccc(O)cc3s1)C2. The maximum absolute atomic E-state index is 12.7. The van der Waals surface area contributed by atoms with Crippen LogP contribution in [0.3, 0.4) is 0 Å². The number of esters is 1. The highest BCUT2D eigenvalue weighted by Crippen LogP contribution is 2.39. The van der Waals surface area contributed by atoms with Crippen LogP contribution in [0.4, 0.5) is 0 Å². The summed E-state index contributed by atoms with van der Waals surface area (Å²) >= 11 is 1.64. The number of sulfonamides is 1. The predicted molar refractivity (Wildman–Crippen MR) is 127 cm³/mol. The summed E-state index contributed by atoms with van der Waals surface area (Å²) in [5.41, 5.74) is 0.311. The lowest BCUT2D eigenvalue weighted by atomic mass is 9.97. The van der Waals surface area contributed by atoms with Gasteiger partial charge in [-0.25, -0.2) is 13.4 Å². The molecule has 15 heteroatoms. The van der Waals surface area contributed by atoms with E-state index >= 15 is 0 Å². The van der Waals surface area contributed by atoms with Crippen molar-refractivity contribution in [3.63, 3.8) is 0 Å². The number of carbonyl (C=O) groups excluding carboxylic acids is 1. The van der Waals surface area contributed by atoms with E-state index in [1.807, 2.05) is 9.66 Å². The molecule has 4 rings (SSSR count). The second-order valence-corrected chi connectivity index (χ2v) is 14.1. The number of ether oxygens (including phenoxy) is 1. The molecule has 0 radical (unpaired) electrons. The van der Waals surface area contributed by atoms with Crippen LogP contribution in [0, 0.1) is 5.41 Å². The lowest BCUT2D eigenvalue weighted by Crippen LogP contribution is -2.46. The van der Waals surface area contributed by atoms with Crippen LogP contribution in [0.2, 0.25) is 0 Å². The molecular formula is C19H20N4O7S4. The number of hydrazine groups is 1. The van der Waals surface area contributed by atoms with Gasteiger partial charge in [0.15, 0.2) is 0 Å². The molecule has 0 aliphatic carbocycles. The normalized spacial score (nSPS) is 14.9. The highest BCUT2D eigenvalue weighted by atomic mass is 32.3. The topological polar surface area (TPSA) is 155 Å². The van der Waals surface area contributed by atoms with E-state index in [1.54, 1.807) is 39.0 Å². The van der Waals surface area contributed by atoms with E-state index in [2.05, 4.69) is 4.98 Å². The fourth-order valence-corrected chi connectivity index (χ4v) is 7.43. The van der Waals surface area contributed by atoms with Crippen molar-refractivity contribution in [1.29, 1.82) is 0 Å². The van der Waals surface area contributed by atoms with Crippen molar-refractivity contribution in [2.75, 3.05) is 0 Å². The number of nitrogens with one attached hydrogen (secondary N) is 2. The van der Waals surface area contributed by atoms with Crippen molar-refractivity contribution in [1.82, 2.24) is 18.4 Å². The van der Waals surface area contributed by atoms with Crippen molar-refractivity contribution in [3.05, 3.63) is 42.0 Å². The standard InChI is InChI=1S/C19H20N4O7S4/c1-19(2,3)17(25)30-13-6-4-11-10-23(32-15(11)9-13)34(28,29)22-21-33(26,27)18-20-14-7-5-12(24)8-16(14)31-18/h4-9,21-22,24H,10H2,1-3H3. The van der Waals surface area contributed by atoms with E-state index in [0.717, 1.165) is 27.0 Å². The summed E-state index contributed by atoms with van der Waals surface area (Å²) in [6, 6.07) is 8.95. The molecule has 1 aromatic heterocycles. The Bertz CT molecular complexity index is 1490. The molecule has 0 unspecified atom stereocenters. The molecule has 2 heterocycles. The molecule has 0 saturated heterocycles. The van der Waals surface area contributed by atoms with Crippen LogP contribution >= 0.6 is 23.3 Å². The largest absolute Gasteiger partial charge is 0.508 e. The third-order valence-corrected chi connectivity index (χ3v) is 10.0. The maximum atomic E-state index is 12.7. The van der Waals surface area contributed by atoms with Crippen LogP contribution in [-0.4, -0.2) is 36.6 Å². The minimum Gasteiger partial charge on any atom is -0.508 e. The Hall–Kier alpha value is -2.27. The first-order valence-corrected chi connectivity index (χ1v) is 14.2. The van der Waals surface area contributed by atoms with Gasteiger partial charge in [0.25, 0.3) is 10.0 Å². The molecule has 1 aliphatic heterocycles. The molecule has 11 nitrogen and oxygen atoms in total. The second-order valence-electron chi connectivity index (χ2n) is 8.31. The van der Waals surface area contributed by atoms with Gasteiger partial charge in [0, 0.05) is 4.90 Å². The summed E-state index contributed by atoms with van der Waals surface area (Å²) in [5, 5.41) is 9.53. The fourth-order valence-electron chi connectivity index (χ4n) is 2.70. The Kier molecular flexibility index (Phi) is 6.39. The number of hydrogen-bond acceptors (Lipinski definition) is 10. The molecule has 0 fully saturated rings. The molecule has 0 atom stereocenters. The molecule has 0 amide bonds. The predicted octanol–water partition coefficient (Wildman–Crippen LogP) is 2.50. The molecule has 2 aromatic carbocycles. The Morgan fingerprint density at radius 2 is 1.85 bits per heavy atom. The average molecular weight is 545 g/mol. The third-order valence-electron chi connectivity index (χ3n) is 4.52.